The summed E-state index contributed by atoms with van der Waals surface area (Å²) in [5, 5.41) is 5.61. The van der Waals surface area contributed by atoms with Crippen molar-refractivity contribution in [3.05, 3.63) is 53.6 Å². The molecule has 30 heavy (non-hydrogen) atoms. The fourth-order valence-electron chi connectivity index (χ4n) is 3.14. The van der Waals surface area contributed by atoms with Gasteiger partial charge in [0.1, 0.15) is 0 Å². The number of nitrogens with one attached hydrogen (secondary N) is 2. The molecule has 0 spiro atoms. The Morgan fingerprint density at radius 3 is 2.60 bits per heavy atom. The van der Waals surface area contributed by atoms with Crippen LogP contribution in [0.1, 0.15) is 40.5 Å². The van der Waals surface area contributed by atoms with Gasteiger partial charge < -0.3 is 24.8 Å². The number of methoxy groups -OCH3 is 1. The molecular weight excluding hydrogens is 388 g/mol. The lowest BCUT2D eigenvalue weighted by Gasteiger charge is -2.14. The average Bonchev–Trinajstić information content (AvgIpc) is 3.26. The first-order valence-electron chi connectivity index (χ1n) is 9.64. The van der Waals surface area contributed by atoms with Gasteiger partial charge in [-0.25, -0.2) is 0 Å². The Bertz CT molecular complexity index is 937. The number of esters is 1. The minimum Gasteiger partial charge on any atom is -0.493 e. The van der Waals surface area contributed by atoms with E-state index in [1.165, 1.54) is 32.2 Å². The third-order valence-electron chi connectivity index (χ3n) is 4.61. The molecule has 8 heteroatoms. The number of para-hydroxylation sites is 1. The number of carbonyl (C=O) groups excluding carboxylic acids is 3. The molecule has 1 aliphatic heterocycles. The van der Waals surface area contributed by atoms with Gasteiger partial charge in [0.25, 0.3) is 11.8 Å². The number of rotatable bonds is 7. The van der Waals surface area contributed by atoms with Crippen molar-refractivity contribution in [1.82, 2.24) is 5.32 Å². The number of hydrogen-bond donors (Lipinski definition) is 2. The molecule has 1 aliphatic rings. The van der Waals surface area contributed by atoms with Crippen molar-refractivity contribution >= 4 is 23.5 Å². The molecule has 0 aromatic heterocycles. The molecule has 0 radical (unpaired) electrons. The third-order valence-corrected chi connectivity index (χ3v) is 4.61. The lowest BCUT2D eigenvalue weighted by molar-refractivity contribution is -0.132. The molecule has 1 fully saturated rings. The molecule has 0 bridgehead atoms. The number of ether oxygens (including phenoxy) is 3. The monoisotopic (exact) mass is 412 g/mol. The quantitative estimate of drug-likeness (QED) is 0.536. The maximum Gasteiger partial charge on any atom is 0.308 e. The molecule has 1 unspecified atom stereocenters. The summed E-state index contributed by atoms with van der Waals surface area (Å²) in [6, 6.07) is 11.2. The first-order valence-corrected chi connectivity index (χ1v) is 9.64. The number of amides is 2. The van der Waals surface area contributed by atoms with Gasteiger partial charge in [-0.3, -0.25) is 14.4 Å². The smallest absolute Gasteiger partial charge is 0.308 e. The molecule has 2 aromatic rings. The lowest BCUT2D eigenvalue weighted by Crippen LogP contribution is -2.32. The van der Waals surface area contributed by atoms with Gasteiger partial charge in [-0.1, -0.05) is 12.1 Å². The Morgan fingerprint density at radius 2 is 1.90 bits per heavy atom. The Balaban J connectivity index is 1.72. The zero-order chi connectivity index (χ0) is 21.5. The van der Waals surface area contributed by atoms with Crippen molar-refractivity contribution in [2.24, 2.45) is 0 Å². The van der Waals surface area contributed by atoms with E-state index < -0.39 is 11.9 Å². The van der Waals surface area contributed by atoms with Gasteiger partial charge >= 0.3 is 5.97 Å². The highest BCUT2D eigenvalue weighted by Gasteiger charge is 2.19. The van der Waals surface area contributed by atoms with E-state index in [-0.39, 0.29) is 29.1 Å². The summed E-state index contributed by atoms with van der Waals surface area (Å²) in [6.07, 6.45) is 1.94. The van der Waals surface area contributed by atoms with E-state index in [0.717, 1.165) is 12.8 Å². The normalized spacial score (nSPS) is 15.3. The largest absolute Gasteiger partial charge is 0.493 e. The molecule has 1 heterocycles. The van der Waals surface area contributed by atoms with Crippen LogP contribution in [-0.4, -0.2) is 44.1 Å². The van der Waals surface area contributed by atoms with Gasteiger partial charge in [0.15, 0.2) is 11.5 Å². The first kappa shape index (κ1) is 21.3. The van der Waals surface area contributed by atoms with Crippen LogP contribution in [0.25, 0.3) is 0 Å². The molecule has 2 amide bonds. The molecule has 8 nitrogen and oxygen atoms in total. The topological polar surface area (TPSA) is 103 Å². The summed E-state index contributed by atoms with van der Waals surface area (Å²) >= 11 is 0. The molecule has 0 saturated carbocycles. The van der Waals surface area contributed by atoms with Crippen molar-refractivity contribution < 1.29 is 28.6 Å². The average molecular weight is 412 g/mol. The number of carbonyl (C=O) groups is 3. The molecule has 2 N–H and O–H groups in total. The van der Waals surface area contributed by atoms with Gasteiger partial charge in [0.2, 0.25) is 0 Å². The molecular formula is C22H24N2O6. The van der Waals surface area contributed by atoms with E-state index in [4.69, 9.17) is 14.2 Å². The van der Waals surface area contributed by atoms with Crippen LogP contribution in [0.4, 0.5) is 5.69 Å². The molecule has 0 aliphatic carbocycles. The molecule has 1 saturated heterocycles. The van der Waals surface area contributed by atoms with Crippen LogP contribution in [0.15, 0.2) is 42.5 Å². The summed E-state index contributed by atoms with van der Waals surface area (Å²) < 4.78 is 15.8. The number of anilines is 1. The molecule has 158 valence electrons. The summed E-state index contributed by atoms with van der Waals surface area (Å²) in [5.74, 6) is -0.740. The highest BCUT2D eigenvalue weighted by molar-refractivity contribution is 6.09. The van der Waals surface area contributed by atoms with Crippen LogP contribution >= 0.6 is 0 Å². The maximum absolute atomic E-state index is 12.7. The summed E-state index contributed by atoms with van der Waals surface area (Å²) in [5.41, 5.74) is 1.03. The Kier molecular flexibility index (Phi) is 7.03. The summed E-state index contributed by atoms with van der Waals surface area (Å²) in [4.78, 5) is 36.5. The van der Waals surface area contributed by atoms with Crippen LogP contribution in [0.2, 0.25) is 0 Å². The predicted molar refractivity (Wildman–Crippen MR) is 110 cm³/mol. The van der Waals surface area contributed by atoms with Gasteiger partial charge in [-0.15, -0.1) is 0 Å². The summed E-state index contributed by atoms with van der Waals surface area (Å²) in [7, 11) is 1.41. The maximum atomic E-state index is 12.7. The zero-order valence-corrected chi connectivity index (χ0v) is 16.9. The molecule has 2 aromatic carbocycles. The minimum absolute atomic E-state index is 0.0268. The highest BCUT2D eigenvalue weighted by atomic mass is 16.6. The van der Waals surface area contributed by atoms with E-state index in [9.17, 15) is 14.4 Å². The van der Waals surface area contributed by atoms with Crippen LogP contribution < -0.4 is 20.1 Å². The van der Waals surface area contributed by atoms with Gasteiger partial charge in [-0.2, -0.15) is 0 Å². The van der Waals surface area contributed by atoms with Crippen molar-refractivity contribution in [3.8, 4) is 11.5 Å². The van der Waals surface area contributed by atoms with Crippen molar-refractivity contribution in [3.63, 3.8) is 0 Å². The van der Waals surface area contributed by atoms with Gasteiger partial charge in [0.05, 0.1) is 24.5 Å². The standard InChI is InChI=1S/C22H24N2O6/c1-14(25)30-19-10-9-15(12-20(19)28-2)21(26)24-18-8-4-3-7-17(18)22(27)23-13-16-6-5-11-29-16/h3-4,7-10,12,16H,5-6,11,13H2,1-2H3,(H,23,27)(H,24,26). The van der Waals surface area contributed by atoms with E-state index in [0.29, 0.717) is 24.4 Å². The van der Waals surface area contributed by atoms with Crippen LogP contribution in [0.3, 0.4) is 0 Å². The molecule has 3 rings (SSSR count). The van der Waals surface area contributed by atoms with Gasteiger partial charge in [-0.05, 0) is 43.2 Å². The number of hydrogen-bond acceptors (Lipinski definition) is 6. The second-order valence-electron chi connectivity index (χ2n) is 6.80. The van der Waals surface area contributed by atoms with Crippen molar-refractivity contribution in [2.75, 3.05) is 25.6 Å². The van der Waals surface area contributed by atoms with E-state index >= 15 is 0 Å². The fraction of sp³-hybridized carbons (Fsp3) is 0.318. The van der Waals surface area contributed by atoms with E-state index in [1.54, 1.807) is 24.3 Å². The minimum atomic E-state index is -0.492. The van der Waals surface area contributed by atoms with Crippen LogP contribution in [0.5, 0.6) is 11.5 Å². The Morgan fingerprint density at radius 1 is 1.10 bits per heavy atom. The fourth-order valence-corrected chi connectivity index (χ4v) is 3.14. The van der Waals surface area contributed by atoms with Gasteiger partial charge in [0, 0.05) is 25.6 Å². The van der Waals surface area contributed by atoms with Crippen molar-refractivity contribution in [1.29, 1.82) is 0 Å². The van der Waals surface area contributed by atoms with Crippen LogP contribution in [-0.2, 0) is 9.53 Å². The van der Waals surface area contributed by atoms with Crippen LogP contribution in [0, 0.1) is 0 Å². The predicted octanol–water partition coefficient (Wildman–Crippen LogP) is 2.78. The first-order chi connectivity index (χ1) is 14.5. The second kappa shape index (κ2) is 9.89. The Hall–Kier alpha value is -3.39. The number of benzene rings is 2. The summed E-state index contributed by atoms with van der Waals surface area (Å²) in [6.45, 7) is 2.42. The molecule has 1 atom stereocenters. The zero-order valence-electron chi connectivity index (χ0n) is 16.9. The van der Waals surface area contributed by atoms with Crippen molar-refractivity contribution in [2.45, 2.75) is 25.9 Å². The van der Waals surface area contributed by atoms with E-state index in [2.05, 4.69) is 10.6 Å². The second-order valence-corrected chi connectivity index (χ2v) is 6.80. The lowest BCUT2D eigenvalue weighted by atomic mass is 10.1. The SMILES string of the molecule is COc1cc(C(=O)Nc2ccccc2C(=O)NCC2CCCO2)ccc1OC(C)=O. The van der Waals surface area contributed by atoms with E-state index in [1.807, 2.05) is 0 Å². The Labute approximate surface area is 174 Å². The third kappa shape index (κ3) is 5.36. The highest BCUT2D eigenvalue weighted by Crippen LogP contribution is 2.29.